The minimum absolute atomic E-state index is 0.0302. The molecule has 1 heterocycles. The van der Waals surface area contributed by atoms with E-state index in [4.69, 9.17) is 0 Å². The monoisotopic (exact) mass is 456 g/mol. The van der Waals surface area contributed by atoms with Crippen LogP contribution < -0.4 is 10.6 Å². The summed E-state index contributed by atoms with van der Waals surface area (Å²) in [5, 5.41) is 18.0. The third kappa shape index (κ3) is 5.08. The molecule has 0 saturated heterocycles. The molecule has 2 amide bonds. The number of nitrogens with zero attached hydrogens (tertiary/aromatic N) is 2. The Bertz CT molecular complexity index is 828. The van der Waals surface area contributed by atoms with Crippen molar-refractivity contribution in [3.63, 3.8) is 0 Å². The SMILES string of the molecule is C[C@@H]1[C@@H]2[C@@H](O)[C@H]([C@H](C)C(=O)NC3CCCCC3)CC[C@]2(C)CC[C@@H]1NC(=O)c1cnccn1. The van der Waals surface area contributed by atoms with Gasteiger partial charge in [-0.2, -0.15) is 0 Å². The number of rotatable bonds is 5. The van der Waals surface area contributed by atoms with E-state index in [-0.39, 0.29) is 53.0 Å². The van der Waals surface area contributed by atoms with E-state index in [1.54, 1.807) is 6.20 Å². The lowest BCUT2D eigenvalue weighted by Gasteiger charge is -2.56. The van der Waals surface area contributed by atoms with Gasteiger partial charge in [-0.1, -0.05) is 40.0 Å². The fourth-order valence-electron chi connectivity index (χ4n) is 6.93. The molecule has 0 spiro atoms. The van der Waals surface area contributed by atoms with Gasteiger partial charge in [-0.3, -0.25) is 14.6 Å². The van der Waals surface area contributed by atoms with Gasteiger partial charge in [0, 0.05) is 30.4 Å². The van der Waals surface area contributed by atoms with Gasteiger partial charge in [0.25, 0.3) is 5.91 Å². The zero-order valence-electron chi connectivity index (χ0n) is 20.3. The Kier molecular flexibility index (Phi) is 7.37. The Labute approximate surface area is 197 Å². The predicted molar refractivity (Wildman–Crippen MR) is 126 cm³/mol. The quantitative estimate of drug-likeness (QED) is 0.629. The summed E-state index contributed by atoms with van der Waals surface area (Å²) in [6.07, 6.45) is 13.5. The molecule has 1 aromatic heterocycles. The maximum Gasteiger partial charge on any atom is 0.271 e. The Morgan fingerprint density at radius 1 is 1.09 bits per heavy atom. The fourth-order valence-corrected chi connectivity index (χ4v) is 6.93. The van der Waals surface area contributed by atoms with Crippen LogP contribution in [0.5, 0.6) is 0 Å². The molecule has 0 unspecified atom stereocenters. The summed E-state index contributed by atoms with van der Waals surface area (Å²) in [6.45, 7) is 6.40. The summed E-state index contributed by atoms with van der Waals surface area (Å²) >= 11 is 0. The van der Waals surface area contributed by atoms with Gasteiger partial charge in [-0.05, 0) is 61.7 Å². The average molecular weight is 457 g/mol. The molecule has 33 heavy (non-hydrogen) atoms. The standard InChI is InChI=1S/C26H40N4O3/c1-16(24(32)29-18-7-5-4-6-8-18)19-9-11-26(3)12-10-20(17(2)22(26)23(19)31)30-25(33)21-15-27-13-14-28-21/h13-20,22-23,31H,4-12H2,1-3H3,(H,29,32)(H,30,33)/t16-,17-,19-,20-,22+,23-,26+/m0/s1. The van der Waals surface area contributed by atoms with Crippen molar-refractivity contribution in [2.45, 2.75) is 96.7 Å². The van der Waals surface area contributed by atoms with Gasteiger partial charge in [0.1, 0.15) is 5.69 Å². The Hall–Kier alpha value is -2.02. The van der Waals surface area contributed by atoms with E-state index in [0.717, 1.165) is 38.5 Å². The zero-order valence-corrected chi connectivity index (χ0v) is 20.3. The molecule has 0 radical (unpaired) electrons. The Morgan fingerprint density at radius 2 is 1.82 bits per heavy atom. The number of hydrogen-bond acceptors (Lipinski definition) is 5. The first-order valence-electron chi connectivity index (χ1n) is 12.9. The van der Waals surface area contributed by atoms with E-state index in [2.05, 4.69) is 34.4 Å². The van der Waals surface area contributed by atoms with E-state index in [1.165, 1.54) is 31.7 Å². The number of aromatic nitrogens is 2. The van der Waals surface area contributed by atoms with Crippen LogP contribution in [-0.2, 0) is 4.79 Å². The summed E-state index contributed by atoms with van der Waals surface area (Å²) in [5.74, 6) is -0.245. The van der Waals surface area contributed by atoms with E-state index >= 15 is 0 Å². The molecule has 3 saturated carbocycles. The molecule has 0 aliphatic heterocycles. The van der Waals surface area contributed by atoms with Gasteiger partial charge >= 0.3 is 0 Å². The molecule has 4 rings (SSSR count). The van der Waals surface area contributed by atoms with Gasteiger partial charge in [-0.25, -0.2) is 4.98 Å². The van der Waals surface area contributed by atoms with Crippen molar-refractivity contribution in [2.75, 3.05) is 0 Å². The third-order valence-corrected chi connectivity index (χ3v) is 9.01. The topological polar surface area (TPSA) is 104 Å². The number of amides is 2. The molecule has 3 N–H and O–H groups in total. The molecule has 1 aromatic rings. The van der Waals surface area contributed by atoms with Crippen molar-refractivity contribution >= 4 is 11.8 Å². The highest BCUT2D eigenvalue weighted by Crippen LogP contribution is 2.55. The van der Waals surface area contributed by atoms with Crippen LogP contribution in [0.3, 0.4) is 0 Å². The lowest BCUT2D eigenvalue weighted by Crippen LogP contribution is -2.58. The van der Waals surface area contributed by atoms with Gasteiger partial charge in [0.2, 0.25) is 5.91 Å². The van der Waals surface area contributed by atoms with Crippen LogP contribution in [-0.4, -0.2) is 45.1 Å². The molecular formula is C26H40N4O3. The number of fused-ring (bicyclic) bond motifs is 1. The third-order valence-electron chi connectivity index (χ3n) is 9.01. The first kappa shape index (κ1) is 24.1. The largest absolute Gasteiger partial charge is 0.392 e. The van der Waals surface area contributed by atoms with Crippen molar-refractivity contribution in [2.24, 2.45) is 29.1 Å². The number of hydrogen-bond donors (Lipinski definition) is 3. The van der Waals surface area contributed by atoms with Crippen LogP contribution >= 0.6 is 0 Å². The van der Waals surface area contributed by atoms with Crippen LogP contribution in [0.2, 0.25) is 0 Å². The molecule has 7 heteroatoms. The summed E-state index contributed by atoms with van der Waals surface area (Å²) in [7, 11) is 0. The van der Waals surface area contributed by atoms with E-state index in [1.807, 2.05) is 6.92 Å². The van der Waals surface area contributed by atoms with Crippen LogP contribution in [0.1, 0.15) is 89.0 Å². The highest BCUT2D eigenvalue weighted by molar-refractivity contribution is 5.92. The van der Waals surface area contributed by atoms with Crippen molar-refractivity contribution in [1.29, 1.82) is 0 Å². The number of aliphatic hydroxyl groups is 1. The van der Waals surface area contributed by atoms with Crippen LogP contribution in [0.15, 0.2) is 18.6 Å². The molecule has 3 aliphatic rings. The molecule has 182 valence electrons. The molecule has 3 fully saturated rings. The molecule has 3 aliphatic carbocycles. The second-order valence-electron chi connectivity index (χ2n) is 11.1. The lowest BCUT2D eigenvalue weighted by molar-refractivity contribution is -0.142. The van der Waals surface area contributed by atoms with E-state index in [9.17, 15) is 14.7 Å². The lowest BCUT2D eigenvalue weighted by atomic mass is 9.51. The van der Waals surface area contributed by atoms with Crippen molar-refractivity contribution < 1.29 is 14.7 Å². The summed E-state index contributed by atoms with van der Waals surface area (Å²) in [5.41, 5.74) is 0.344. The Balaban J connectivity index is 1.43. The van der Waals surface area contributed by atoms with Crippen molar-refractivity contribution in [3.05, 3.63) is 24.3 Å². The van der Waals surface area contributed by atoms with Crippen molar-refractivity contribution in [1.82, 2.24) is 20.6 Å². The Morgan fingerprint density at radius 3 is 2.52 bits per heavy atom. The highest BCUT2D eigenvalue weighted by atomic mass is 16.3. The van der Waals surface area contributed by atoms with Crippen LogP contribution in [0, 0.1) is 29.1 Å². The van der Waals surface area contributed by atoms with Gasteiger partial charge < -0.3 is 15.7 Å². The highest BCUT2D eigenvalue weighted by Gasteiger charge is 2.54. The first-order chi connectivity index (χ1) is 15.8. The van der Waals surface area contributed by atoms with Gasteiger partial charge in [0.05, 0.1) is 12.3 Å². The molecule has 0 bridgehead atoms. The number of aliphatic hydroxyl groups excluding tert-OH is 1. The second kappa shape index (κ2) is 10.1. The maximum absolute atomic E-state index is 13.1. The minimum Gasteiger partial charge on any atom is -0.392 e. The molecule has 7 atom stereocenters. The summed E-state index contributed by atoms with van der Waals surface area (Å²) in [4.78, 5) is 33.9. The van der Waals surface area contributed by atoms with Crippen LogP contribution in [0.4, 0.5) is 0 Å². The minimum atomic E-state index is -0.554. The number of carbonyl (C=O) groups is 2. The van der Waals surface area contributed by atoms with E-state index in [0.29, 0.717) is 5.69 Å². The molecular weight excluding hydrogens is 416 g/mol. The van der Waals surface area contributed by atoms with Crippen LogP contribution in [0.25, 0.3) is 0 Å². The summed E-state index contributed by atoms with van der Waals surface area (Å²) in [6, 6.07) is 0.256. The predicted octanol–water partition coefficient (Wildman–Crippen LogP) is 3.48. The fraction of sp³-hybridized carbons (Fsp3) is 0.769. The number of carbonyl (C=O) groups excluding carboxylic acids is 2. The smallest absolute Gasteiger partial charge is 0.271 e. The molecule has 0 aromatic carbocycles. The van der Waals surface area contributed by atoms with E-state index < -0.39 is 6.10 Å². The van der Waals surface area contributed by atoms with Crippen molar-refractivity contribution in [3.8, 4) is 0 Å². The zero-order chi connectivity index (χ0) is 23.6. The summed E-state index contributed by atoms with van der Waals surface area (Å²) < 4.78 is 0. The number of nitrogens with one attached hydrogen (secondary N) is 2. The molecule has 7 nitrogen and oxygen atoms in total. The maximum atomic E-state index is 13.1. The van der Waals surface area contributed by atoms with Gasteiger partial charge in [0.15, 0.2) is 0 Å². The average Bonchev–Trinajstić information content (AvgIpc) is 2.82. The van der Waals surface area contributed by atoms with Gasteiger partial charge in [-0.15, -0.1) is 0 Å². The first-order valence-corrected chi connectivity index (χ1v) is 12.9. The second-order valence-corrected chi connectivity index (χ2v) is 11.1. The normalized spacial score (nSPS) is 35.8.